The van der Waals surface area contributed by atoms with Crippen molar-refractivity contribution in [2.45, 2.75) is 0 Å². The highest BCUT2D eigenvalue weighted by molar-refractivity contribution is 7.22. The van der Waals surface area contributed by atoms with E-state index in [1.165, 1.54) is 29.5 Å². The number of fused-ring (bicyclic) bond motifs is 2. The summed E-state index contributed by atoms with van der Waals surface area (Å²) in [6, 6.07) is 9.43. The predicted molar refractivity (Wildman–Crippen MR) is 85.0 cm³/mol. The first-order valence-electron chi connectivity index (χ1n) is 6.97. The molecule has 0 saturated heterocycles. The number of aromatic nitrogens is 1. The summed E-state index contributed by atoms with van der Waals surface area (Å²) >= 11 is 1.30. The van der Waals surface area contributed by atoms with E-state index < -0.39 is 11.7 Å². The molecule has 0 unspecified atom stereocenters. The van der Waals surface area contributed by atoms with Crippen LogP contribution in [0.15, 0.2) is 36.4 Å². The predicted octanol–water partition coefficient (Wildman–Crippen LogP) is 3.46. The molecule has 1 N–H and O–H groups in total. The van der Waals surface area contributed by atoms with Crippen molar-refractivity contribution in [1.82, 2.24) is 4.98 Å². The largest absolute Gasteiger partial charge is 0.486 e. The summed E-state index contributed by atoms with van der Waals surface area (Å²) in [6.45, 7) is 1.01. The minimum Gasteiger partial charge on any atom is -0.486 e. The monoisotopic (exact) mass is 330 g/mol. The third-order valence-corrected chi connectivity index (χ3v) is 4.32. The zero-order chi connectivity index (χ0) is 15.8. The molecule has 1 amide bonds. The SMILES string of the molecule is O=C(Nc1nc2cc3c(cc2s1)OCCO3)c1ccccc1F. The maximum Gasteiger partial charge on any atom is 0.260 e. The third-order valence-electron chi connectivity index (χ3n) is 3.39. The second kappa shape index (κ2) is 5.51. The lowest BCUT2D eigenvalue weighted by atomic mass is 10.2. The van der Waals surface area contributed by atoms with E-state index in [0.717, 1.165) is 4.70 Å². The third kappa shape index (κ3) is 2.59. The van der Waals surface area contributed by atoms with Crippen molar-refractivity contribution in [2.24, 2.45) is 0 Å². The number of hydrogen-bond acceptors (Lipinski definition) is 5. The lowest BCUT2D eigenvalue weighted by Crippen LogP contribution is -2.15. The van der Waals surface area contributed by atoms with Crippen LogP contribution in [-0.4, -0.2) is 24.1 Å². The Balaban J connectivity index is 1.64. The topological polar surface area (TPSA) is 60.5 Å². The van der Waals surface area contributed by atoms with Crippen molar-refractivity contribution in [2.75, 3.05) is 18.5 Å². The molecule has 0 aliphatic carbocycles. The molecule has 116 valence electrons. The van der Waals surface area contributed by atoms with Gasteiger partial charge in [-0.2, -0.15) is 0 Å². The van der Waals surface area contributed by atoms with Gasteiger partial charge in [-0.3, -0.25) is 10.1 Å². The molecule has 23 heavy (non-hydrogen) atoms. The van der Waals surface area contributed by atoms with Crippen LogP contribution in [0.5, 0.6) is 11.5 Å². The zero-order valence-corrected chi connectivity index (χ0v) is 12.7. The molecule has 0 atom stereocenters. The normalized spacial score (nSPS) is 13.1. The molecule has 2 heterocycles. The second-order valence-corrected chi connectivity index (χ2v) is 5.95. The average Bonchev–Trinajstić information content (AvgIpc) is 2.93. The first kappa shape index (κ1) is 14.0. The van der Waals surface area contributed by atoms with Gasteiger partial charge in [0.2, 0.25) is 0 Å². The van der Waals surface area contributed by atoms with Crippen molar-refractivity contribution in [1.29, 1.82) is 0 Å². The highest BCUT2D eigenvalue weighted by Crippen LogP contribution is 2.37. The van der Waals surface area contributed by atoms with E-state index in [0.29, 0.717) is 35.4 Å². The van der Waals surface area contributed by atoms with Crippen molar-refractivity contribution in [3.63, 3.8) is 0 Å². The van der Waals surface area contributed by atoms with Gasteiger partial charge in [0.25, 0.3) is 5.91 Å². The van der Waals surface area contributed by atoms with Crippen LogP contribution in [0, 0.1) is 5.82 Å². The molecular weight excluding hydrogens is 319 g/mol. The highest BCUT2D eigenvalue weighted by Gasteiger charge is 2.17. The quantitative estimate of drug-likeness (QED) is 0.782. The Morgan fingerprint density at radius 3 is 2.70 bits per heavy atom. The molecule has 4 rings (SSSR count). The highest BCUT2D eigenvalue weighted by atomic mass is 32.1. The van der Waals surface area contributed by atoms with E-state index in [2.05, 4.69) is 10.3 Å². The number of carbonyl (C=O) groups is 1. The van der Waals surface area contributed by atoms with E-state index in [1.807, 2.05) is 6.07 Å². The standard InChI is InChI=1S/C16H11FN2O3S/c17-10-4-2-1-3-9(10)15(20)19-16-18-11-7-12-13(8-14(11)23-16)22-6-5-21-12/h1-4,7-8H,5-6H2,(H,18,19,20). The summed E-state index contributed by atoms with van der Waals surface area (Å²) in [5, 5.41) is 3.02. The lowest BCUT2D eigenvalue weighted by molar-refractivity contribution is 0.102. The molecule has 1 aromatic heterocycles. The van der Waals surface area contributed by atoms with Crippen LogP contribution in [0.4, 0.5) is 9.52 Å². The smallest absolute Gasteiger partial charge is 0.260 e. The van der Waals surface area contributed by atoms with Gasteiger partial charge < -0.3 is 9.47 Å². The number of halogens is 1. The van der Waals surface area contributed by atoms with Crippen LogP contribution in [0.25, 0.3) is 10.2 Å². The fourth-order valence-corrected chi connectivity index (χ4v) is 3.20. The van der Waals surface area contributed by atoms with Crippen molar-refractivity contribution in [3.05, 3.63) is 47.8 Å². The van der Waals surface area contributed by atoms with Crippen molar-refractivity contribution >= 4 is 32.6 Å². The fraction of sp³-hybridized carbons (Fsp3) is 0.125. The summed E-state index contributed by atoms with van der Waals surface area (Å²) in [7, 11) is 0. The summed E-state index contributed by atoms with van der Waals surface area (Å²) in [5.41, 5.74) is 0.681. The van der Waals surface area contributed by atoms with E-state index in [-0.39, 0.29) is 5.56 Å². The van der Waals surface area contributed by atoms with E-state index in [9.17, 15) is 9.18 Å². The number of hydrogen-bond donors (Lipinski definition) is 1. The lowest BCUT2D eigenvalue weighted by Gasteiger charge is -2.17. The van der Waals surface area contributed by atoms with Gasteiger partial charge in [-0.15, -0.1) is 0 Å². The van der Waals surface area contributed by atoms with Crippen LogP contribution < -0.4 is 14.8 Å². The molecule has 1 aliphatic rings. The second-order valence-electron chi connectivity index (χ2n) is 4.92. The first-order valence-corrected chi connectivity index (χ1v) is 7.78. The summed E-state index contributed by atoms with van der Waals surface area (Å²) in [5.74, 6) is 0.211. The number of ether oxygens (including phenoxy) is 2. The van der Waals surface area contributed by atoms with E-state index >= 15 is 0 Å². The van der Waals surface area contributed by atoms with Gasteiger partial charge in [0.05, 0.1) is 15.8 Å². The van der Waals surface area contributed by atoms with Crippen LogP contribution in [0.3, 0.4) is 0 Å². The molecule has 5 nitrogen and oxygen atoms in total. The van der Waals surface area contributed by atoms with Crippen LogP contribution in [0.1, 0.15) is 10.4 Å². The Bertz CT molecular complexity index is 866. The summed E-state index contributed by atoms with van der Waals surface area (Å²) < 4.78 is 25.5. The van der Waals surface area contributed by atoms with E-state index in [4.69, 9.17) is 9.47 Å². The molecule has 1 aliphatic heterocycles. The molecule has 0 spiro atoms. The average molecular weight is 330 g/mol. The maximum absolute atomic E-state index is 13.6. The number of anilines is 1. The van der Waals surface area contributed by atoms with Crippen LogP contribution >= 0.6 is 11.3 Å². The molecule has 2 aromatic carbocycles. The Labute approximate surface area is 134 Å². The molecule has 0 saturated carbocycles. The minimum atomic E-state index is -0.566. The first-order chi connectivity index (χ1) is 11.2. The van der Waals surface area contributed by atoms with Crippen molar-refractivity contribution in [3.8, 4) is 11.5 Å². The maximum atomic E-state index is 13.6. The molecule has 3 aromatic rings. The number of benzene rings is 2. The Kier molecular flexibility index (Phi) is 3.34. The molecule has 0 radical (unpaired) electrons. The number of carbonyl (C=O) groups excluding carboxylic acids is 1. The van der Waals surface area contributed by atoms with E-state index in [1.54, 1.807) is 12.1 Å². The zero-order valence-electron chi connectivity index (χ0n) is 11.8. The van der Waals surface area contributed by atoms with Gasteiger partial charge in [0, 0.05) is 12.1 Å². The molecular formula is C16H11FN2O3S. The van der Waals surface area contributed by atoms with Gasteiger partial charge in [0.1, 0.15) is 19.0 Å². The number of rotatable bonds is 2. The van der Waals surface area contributed by atoms with Crippen LogP contribution in [-0.2, 0) is 0 Å². The summed E-state index contributed by atoms with van der Waals surface area (Å²) in [4.78, 5) is 16.5. The fourth-order valence-electron chi connectivity index (χ4n) is 2.33. The van der Waals surface area contributed by atoms with Gasteiger partial charge in [0.15, 0.2) is 16.6 Å². The van der Waals surface area contributed by atoms with Crippen molar-refractivity contribution < 1.29 is 18.7 Å². The number of nitrogens with zero attached hydrogens (tertiary/aromatic N) is 1. The van der Waals surface area contributed by atoms with Crippen LogP contribution in [0.2, 0.25) is 0 Å². The van der Waals surface area contributed by atoms with Gasteiger partial charge in [-0.25, -0.2) is 9.37 Å². The Morgan fingerprint density at radius 2 is 1.91 bits per heavy atom. The van der Waals surface area contributed by atoms with Gasteiger partial charge >= 0.3 is 0 Å². The van der Waals surface area contributed by atoms with Gasteiger partial charge in [-0.05, 0) is 12.1 Å². The number of amides is 1. The Morgan fingerprint density at radius 1 is 1.17 bits per heavy atom. The molecule has 7 heteroatoms. The minimum absolute atomic E-state index is 0.0160. The Hall–Kier alpha value is -2.67. The number of nitrogens with one attached hydrogen (secondary N) is 1. The molecule has 0 bridgehead atoms. The number of thiazole rings is 1. The van der Waals surface area contributed by atoms with Gasteiger partial charge in [-0.1, -0.05) is 23.5 Å². The molecule has 0 fully saturated rings. The summed E-state index contributed by atoms with van der Waals surface area (Å²) in [6.07, 6.45) is 0.